The topological polar surface area (TPSA) is 48.1 Å². The molecule has 0 saturated carbocycles. The molecular weight excluding hydrogens is 334 g/mol. The van der Waals surface area contributed by atoms with Crippen LogP contribution in [0.5, 0.6) is 0 Å². The van der Waals surface area contributed by atoms with E-state index < -0.39 is 5.54 Å². The second kappa shape index (κ2) is 5.96. The van der Waals surface area contributed by atoms with Crippen LogP contribution in [0.1, 0.15) is 37.1 Å². The minimum Gasteiger partial charge on any atom is -0.356 e. The molecule has 1 amide bonds. The maximum atomic E-state index is 13.8. The van der Waals surface area contributed by atoms with Gasteiger partial charge in [-0.05, 0) is 36.5 Å². The number of fused-ring (bicyclic) bond motifs is 6. The Bertz CT molecular complexity index is 1040. The van der Waals surface area contributed by atoms with Gasteiger partial charge >= 0.3 is 0 Å². The summed E-state index contributed by atoms with van der Waals surface area (Å²) in [5.74, 6) is 0.710. The van der Waals surface area contributed by atoms with E-state index in [-0.39, 0.29) is 5.91 Å². The first-order chi connectivity index (χ1) is 13.1. The van der Waals surface area contributed by atoms with Crippen LogP contribution in [0.15, 0.2) is 48.5 Å². The van der Waals surface area contributed by atoms with Crippen molar-refractivity contribution < 1.29 is 4.79 Å². The summed E-state index contributed by atoms with van der Waals surface area (Å²) in [6.07, 6.45) is 1.93. The zero-order valence-electron chi connectivity index (χ0n) is 15.9. The molecular formula is C23H25N3O. The number of benzene rings is 2. The third kappa shape index (κ3) is 2.23. The van der Waals surface area contributed by atoms with Crippen molar-refractivity contribution in [3.8, 4) is 0 Å². The highest BCUT2D eigenvalue weighted by Gasteiger charge is 2.55. The summed E-state index contributed by atoms with van der Waals surface area (Å²) in [6, 6.07) is 16.6. The van der Waals surface area contributed by atoms with Crippen LogP contribution in [0, 0.1) is 5.92 Å². The summed E-state index contributed by atoms with van der Waals surface area (Å²) in [5, 5.41) is 4.85. The molecule has 3 heterocycles. The lowest BCUT2D eigenvalue weighted by Crippen LogP contribution is -2.55. The molecule has 3 aromatic rings. The highest BCUT2D eigenvalue weighted by atomic mass is 16.2. The summed E-state index contributed by atoms with van der Waals surface area (Å²) in [6.45, 7) is 5.97. The third-order valence-electron chi connectivity index (χ3n) is 6.05. The molecule has 2 aliphatic heterocycles. The summed E-state index contributed by atoms with van der Waals surface area (Å²) < 4.78 is 0. The largest absolute Gasteiger partial charge is 0.356 e. The number of H-pyrrole nitrogens is 1. The maximum absolute atomic E-state index is 13.8. The zero-order valence-corrected chi connectivity index (χ0v) is 15.9. The number of amides is 1. The fourth-order valence-corrected chi connectivity index (χ4v) is 4.72. The van der Waals surface area contributed by atoms with E-state index in [0.29, 0.717) is 5.92 Å². The Morgan fingerprint density at radius 3 is 2.74 bits per heavy atom. The van der Waals surface area contributed by atoms with E-state index in [2.05, 4.69) is 54.5 Å². The Labute approximate surface area is 159 Å². The lowest BCUT2D eigenvalue weighted by atomic mass is 9.82. The monoisotopic (exact) mass is 359 g/mol. The van der Waals surface area contributed by atoms with Crippen molar-refractivity contribution in [1.29, 1.82) is 0 Å². The molecule has 0 bridgehead atoms. The maximum Gasteiger partial charge on any atom is 0.258 e. The standard InChI is InChI=1S/C23H25N3O/c1-15(2)12-14-26-20-10-6-4-8-18(20)23(22(26)27)21-17(11-13-24-23)16-7-3-5-9-19(16)25-21/h3-10,15,24-25H,11-14H2,1-2H3/t23-/m0/s1. The van der Waals surface area contributed by atoms with Gasteiger partial charge in [0.05, 0.1) is 5.69 Å². The summed E-state index contributed by atoms with van der Waals surface area (Å²) >= 11 is 0. The first-order valence-corrected chi connectivity index (χ1v) is 9.89. The van der Waals surface area contributed by atoms with E-state index in [1.165, 1.54) is 10.9 Å². The van der Waals surface area contributed by atoms with Gasteiger partial charge in [-0.2, -0.15) is 0 Å². The fourth-order valence-electron chi connectivity index (χ4n) is 4.72. The van der Waals surface area contributed by atoms with Crippen LogP contribution in [0.4, 0.5) is 5.69 Å². The first kappa shape index (κ1) is 16.6. The molecule has 1 aromatic heterocycles. The third-order valence-corrected chi connectivity index (χ3v) is 6.05. The SMILES string of the molecule is CC(C)CCN1C(=O)[C@]2(NCCc3c2[nH]c2ccccc32)c2ccccc21. The molecule has 2 aliphatic rings. The highest BCUT2D eigenvalue weighted by molar-refractivity contribution is 6.11. The molecule has 138 valence electrons. The van der Waals surface area contributed by atoms with Crippen molar-refractivity contribution in [1.82, 2.24) is 10.3 Å². The number of carbonyl (C=O) groups is 1. The summed E-state index contributed by atoms with van der Waals surface area (Å²) in [7, 11) is 0. The van der Waals surface area contributed by atoms with Crippen LogP contribution in [-0.4, -0.2) is 24.0 Å². The Balaban J connectivity index is 1.72. The smallest absolute Gasteiger partial charge is 0.258 e. The lowest BCUT2D eigenvalue weighted by molar-refractivity contribution is -0.123. The van der Waals surface area contributed by atoms with Crippen LogP contribution in [0.25, 0.3) is 10.9 Å². The molecule has 1 atom stereocenters. The number of aromatic amines is 1. The van der Waals surface area contributed by atoms with Gasteiger partial charge in [-0.3, -0.25) is 10.1 Å². The Kier molecular flexibility index (Phi) is 3.66. The van der Waals surface area contributed by atoms with Crippen LogP contribution in [0.3, 0.4) is 0 Å². The van der Waals surface area contributed by atoms with Gasteiger partial charge in [0.15, 0.2) is 5.54 Å². The van der Waals surface area contributed by atoms with Gasteiger partial charge in [0.25, 0.3) is 5.91 Å². The van der Waals surface area contributed by atoms with Gasteiger partial charge in [0.1, 0.15) is 0 Å². The van der Waals surface area contributed by atoms with Crippen molar-refractivity contribution in [3.63, 3.8) is 0 Å². The molecule has 4 heteroatoms. The van der Waals surface area contributed by atoms with Gasteiger partial charge in [-0.25, -0.2) is 0 Å². The zero-order chi connectivity index (χ0) is 18.6. The number of nitrogens with one attached hydrogen (secondary N) is 2. The molecule has 2 N–H and O–H groups in total. The Morgan fingerprint density at radius 1 is 1.11 bits per heavy atom. The van der Waals surface area contributed by atoms with E-state index in [9.17, 15) is 4.79 Å². The number of carbonyl (C=O) groups excluding carboxylic acids is 1. The van der Waals surface area contributed by atoms with Crippen LogP contribution < -0.4 is 10.2 Å². The quantitative estimate of drug-likeness (QED) is 0.744. The molecule has 0 saturated heterocycles. The average Bonchev–Trinajstić information content (AvgIpc) is 3.17. The lowest BCUT2D eigenvalue weighted by Gasteiger charge is -2.34. The van der Waals surface area contributed by atoms with E-state index >= 15 is 0 Å². The van der Waals surface area contributed by atoms with Gasteiger partial charge in [-0.15, -0.1) is 0 Å². The number of anilines is 1. The van der Waals surface area contributed by atoms with Crippen molar-refractivity contribution in [2.75, 3.05) is 18.0 Å². The molecule has 2 aromatic carbocycles. The molecule has 1 spiro atoms. The summed E-state index contributed by atoms with van der Waals surface area (Å²) in [5.41, 5.74) is 4.74. The van der Waals surface area contributed by atoms with Crippen molar-refractivity contribution in [3.05, 3.63) is 65.4 Å². The molecule has 27 heavy (non-hydrogen) atoms. The number of para-hydroxylation sites is 2. The van der Waals surface area contributed by atoms with Crippen molar-refractivity contribution in [2.45, 2.75) is 32.2 Å². The van der Waals surface area contributed by atoms with Gasteiger partial charge in [-0.1, -0.05) is 50.2 Å². The predicted octanol–water partition coefficient (Wildman–Crippen LogP) is 3.95. The molecule has 4 nitrogen and oxygen atoms in total. The molecule has 0 unspecified atom stereocenters. The highest BCUT2D eigenvalue weighted by Crippen LogP contribution is 2.47. The predicted molar refractivity (Wildman–Crippen MR) is 109 cm³/mol. The van der Waals surface area contributed by atoms with Crippen LogP contribution >= 0.6 is 0 Å². The van der Waals surface area contributed by atoms with E-state index in [0.717, 1.165) is 48.4 Å². The average molecular weight is 359 g/mol. The van der Waals surface area contributed by atoms with Crippen molar-refractivity contribution in [2.24, 2.45) is 5.92 Å². The number of aromatic nitrogens is 1. The van der Waals surface area contributed by atoms with E-state index in [4.69, 9.17) is 0 Å². The first-order valence-electron chi connectivity index (χ1n) is 9.89. The van der Waals surface area contributed by atoms with Crippen LogP contribution in [0.2, 0.25) is 0 Å². The number of hydrogen-bond donors (Lipinski definition) is 2. The molecule has 0 radical (unpaired) electrons. The van der Waals surface area contributed by atoms with Gasteiger partial charge in [0, 0.05) is 35.2 Å². The van der Waals surface area contributed by atoms with E-state index in [1.54, 1.807) is 0 Å². The van der Waals surface area contributed by atoms with Gasteiger partial charge in [0.2, 0.25) is 0 Å². The number of hydrogen-bond acceptors (Lipinski definition) is 2. The minimum atomic E-state index is -0.791. The Hall–Kier alpha value is -2.59. The Morgan fingerprint density at radius 2 is 1.89 bits per heavy atom. The second-order valence-electron chi connectivity index (χ2n) is 8.11. The summed E-state index contributed by atoms with van der Waals surface area (Å²) in [4.78, 5) is 19.4. The van der Waals surface area contributed by atoms with Crippen molar-refractivity contribution >= 4 is 22.5 Å². The fraction of sp³-hybridized carbons (Fsp3) is 0.348. The van der Waals surface area contributed by atoms with Crippen LogP contribution in [-0.2, 0) is 16.8 Å². The minimum absolute atomic E-state index is 0.150. The normalized spacial score (nSPS) is 21.3. The number of nitrogens with zero attached hydrogens (tertiary/aromatic N) is 1. The van der Waals surface area contributed by atoms with Gasteiger partial charge < -0.3 is 9.88 Å². The molecule has 0 aliphatic carbocycles. The molecule has 5 rings (SSSR count). The second-order valence-corrected chi connectivity index (χ2v) is 8.11. The molecule has 0 fully saturated rings. The van der Waals surface area contributed by atoms with E-state index in [1.807, 2.05) is 23.1 Å². The number of rotatable bonds is 3.